The van der Waals surface area contributed by atoms with Gasteiger partial charge in [0.25, 0.3) is 0 Å². The van der Waals surface area contributed by atoms with Crippen LogP contribution in [0, 0.1) is 0 Å². The maximum atomic E-state index is 10.6. The van der Waals surface area contributed by atoms with Gasteiger partial charge in [-0.2, -0.15) is 0 Å². The number of rotatable bonds is 5. The van der Waals surface area contributed by atoms with Crippen LogP contribution >= 0.6 is 7.82 Å². The first kappa shape index (κ1) is 10.8. The summed E-state index contributed by atoms with van der Waals surface area (Å²) in [7, 11) is -4.46. The second-order valence-electron chi connectivity index (χ2n) is 2.05. The van der Waals surface area contributed by atoms with Gasteiger partial charge in [0, 0.05) is 6.42 Å². The van der Waals surface area contributed by atoms with Gasteiger partial charge >= 0.3 is 7.82 Å². The Bertz CT molecular complexity index is 172. The Labute approximate surface area is 64.6 Å². The third kappa shape index (κ3) is 7.68. The average Bonchev–Trinajstić information content (AvgIpc) is 1.83. The Morgan fingerprint density at radius 1 is 1.55 bits per heavy atom. The third-order valence-corrected chi connectivity index (χ3v) is 1.39. The smallest absolute Gasteiger partial charge is 0.303 e. The summed E-state index contributed by atoms with van der Waals surface area (Å²) in [5.74, 6) is -0.296. The number of carbonyl (C=O) groups excluding carboxylic acids is 1. The van der Waals surface area contributed by atoms with E-state index < -0.39 is 14.4 Å². The Balaban J connectivity index is 3.55. The summed E-state index contributed by atoms with van der Waals surface area (Å²) in [4.78, 5) is 27.0. The molecule has 0 aromatic rings. The van der Waals surface area contributed by atoms with Crippen LogP contribution in [0.25, 0.3) is 0 Å². The molecule has 2 N–H and O–H groups in total. The van der Waals surface area contributed by atoms with Crippen molar-refractivity contribution in [3.05, 3.63) is 0 Å². The van der Waals surface area contributed by atoms with Gasteiger partial charge in [0.2, 0.25) is 0 Å². The molecule has 0 radical (unpaired) electrons. The van der Waals surface area contributed by atoms with E-state index in [1.54, 1.807) is 6.92 Å². The van der Waals surface area contributed by atoms with Crippen LogP contribution in [0.1, 0.15) is 19.8 Å². The molecule has 0 spiro atoms. The van der Waals surface area contributed by atoms with Gasteiger partial charge in [-0.25, -0.2) is 4.57 Å². The highest BCUT2D eigenvalue weighted by Gasteiger charge is 2.15. The summed E-state index contributed by atoms with van der Waals surface area (Å²) < 4.78 is 14.0. The molecule has 0 unspecified atom stereocenters. The fourth-order valence-electron chi connectivity index (χ4n) is 0.507. The third-order valence-electron chi connectivity index (χ3n) is 0.923. The van der Waals surface area contributed by atoms with E-state index in [0.29, 0.717) is 12.8 Å². The molecule has 0 aliphatic rings. The Kier molecular flexibility index (Phi) is 4.52. The molecular weight excluding hydrogens is 171 g/mol. The van der Waals surface area contributed by atoms with Crippen LogP contribution in [0.4, 0.5) is 0 Å². The molecule has 6 heteroatoms. The van der Waals surface area contributed by atoms with Crippen molar-refractivity contribution in [2.75, 3.05) is 6.61 Å². The van der Waals surface area contributed by atoms with Crippen molar-refractivity contribution in [2.24, 2.45) is 0 Å². The first-order valence-electron chi connectivity index (χ1n) is 3.17. The number of hydrogen-bond acceptors (Lipinski definition) is 3. The normalized spacial score (nSPS) is 11.5. The highest BCUT2D eigenvalue weighted by atomic mass is 31.2. The molecule has 0 aliphatic heterocycles. The minimum atomic E-state index is -4.46. The first-order chi connectivity index (χ1) is 4.95. The summed E-state index contributed by atoms with van der Waals surface area (Å²) in [6.45, 7) is 1.30. The predicted molar refractivity (Wildman–Crippen MR) is 37.9 cm³/mol. The van der Waals surface area contributed by atoms with Crippen molar-refractivity contribution >= 4 is 13.6 Å². The highest BCUT2D eigenvalue weighted by molar-refractivity contribution is 7.46. The zero-order chi connectivity index (χ0) is 8.91. The molecule has 0 saturated carbocycles. The minimum absolute atomic E-state index is 0.292. The molecule has 0 bridgehead atoms. The fraction of sp³-hybridized carbons (Fsp3) is 0.800. The van der Waals surface area contributed by atoms with Crippen LogP contribution in [-0.2, 0) is 13.9 Å². The molecule has 0 rings (SSSR count). The number of hydrogen-bond donors (Lipinski definition) is 2. The molecule has 0 fully saturated rings. The molecule has 0 saturated heterocycles. The summed E-state index contributed by atoms with van der Waals surface area (Å²) in [6, 6.07) is 0. The summed E-state index contributed by atoms with van der Waals surface area (Å²) in [5.41, 5.74) is 0. The van der Waals surface area contributed by atoms with E-state index in [0.717, 1.165) is 0 Å². The maximum absolute atomic E-state index is 10.6. The molecule has 11 heavy (non-hydrogen) atoms. The van der Waals surface area contributed by atoms with Gasteiger partial charge in [-0.1, -0.05) is 6.92 Å². The van der Waals surface area contributed by atoms with Crippen LogP contribution in [0.3, 0.4) is 0 Å². The molecule has 0 amide bonds. The van der Waals surface area contributed by atoms with E-state index in [2.05, 4.69) is 4.52 Å². The van der Waals surface area contributed by atoms with E-state index in [1.807, 2.05) is 0 Å². The van der Waals surface area contributed by atoms with Crippen LogP contribution in [0.5, 0.6) is 0 Å². The molecule has 5 nitrogen and oxygen atoms in total. The number of phosphoric acid groups is 1. The lowest BCUT2D eigenvalue weighted by atomic mass is 10.2. The van der Waals surface area contributed by atoms with Crippen molar-refractivity contribution < 1.29 is 23.7 Å². The standard InChI is InChI=1S/C5H11O5P/c1-2-3-5(6)4-10-11(7,8)9/h2-4H2,1H3,(H2,7,8,9). The largest absolute Gasteiger partial charge is 0.470 e. The van der Waals surface area contributed by atoms with Crippen LogP contribution in [0.2, 0.25) is 0 Å². The number of phosphoric ester groups is 1. The Morgan fingerprint density at radius 2 is 2.09 bits per heavy atom. The average molecular weight is 182 g/mol. The fourth-order valence-corrected chi connectivity index (χ4v) is 0.819. The second-order valence-corrected chi connectivity index (χ2v) is 3.29. The lowest BCUT2D eigenvalue weighted by Crippen LogP contribution is -2.06. The van der Waals surface area contributed by atoms with E-state index in [1.165, 1.54) is 0 Å². The van der Waals surface area contributed by atoms with Crippen molar-refractivity contribution in [2.45, 2.75) is 19.8 Å². The molecule has 0 aliphatic carbocycles. The zero-order valence-electron chi connectivity index (χ0n) is 6.19. The lowest BCUT2D eigenvalue weighted by Gasteiger charge is -2.02. The van der Waals surface area contributed by atoms with Gasteiger partial charge < -0.3 is 9.79 Å². The quantitative estimate of drug-likeness (QED) is 0.603. The van der Waals surface area contributed by atoms with Gasteiger partial charge in [-0.3, -0.25) is 9.32 Å². The number of carbonyl (C=O) groups is 1. The molecule has 66 valence electrons. The van der Waals surface area contributed by atoms with Crippen molar-refractivity contribution in [3.8, 4) is 0 Å². The summed E-state index contributed by atoms with van der Waals surface area (Å²) >= 11 is 0. The van der Waals surface area contributed by atoms with Gasteiger partial charge in [0.05, 0.1) is 0 Å². The van der Waals surface area contributed by atoms with E-state index in [4.69, 9.17) is 9.79 Å². The Morgan fingerprint density at radius 3 is 2.45 bits per heavy atom. The van der Waals surface area contributed by atoms with Gasteiger partial charge in [0.1, 0.15) is 6.61 Å². The minimum Gasteiger partial charge on any atom is -0.303 e. The first-order valence-corrected chi connectivity index (χ1v) is 4.70. The van der Waals surface area contributed by atoms with Crippen molar-refractivity contribution in [3.63, 3.8) is 0 Å². The van der Waals surface area contributed by atoms with Crippen molar-refractivity contribution in [1.82, 2.24) is 0 Å². The van der Waals surface area contributed by atoms with Crippen LogP contribution in [-0.4, -0.2) is 22.2 Å². The van der Waals surface area contributed by atoms with E-state index in [-0.39, 0.29) is 5.78 Å². The van der Waals surface area contributed by atoms with Gasteiger partial charge in [0.15, 0.2) is 5.78 Å². The predicted octanol–water partition coefficient (Wildman–Crippen LogP) is 0.465. The molecule has 0 aromatic carbocycles. The van der Waals surface area contributed by atoms with Gasteiger partial charge in [-0.05, 0) is 6.42 Å². The maximum Gasteiger partial charge on any atom is 0.470 e. The number of ketones is 1. The number of Topliss-reactive ketones (excluding diaryl/α,β-unsaturated/α-hetero) is 1. The molecule has 0 aromatic heterocycles. The second kappa shape index (κ2) is 4.62. The van der Waals surface area contributed by atoms with Gasteiger partial charge in [-0.15, -0.1) is 0 Å². The van der Waals surface area contributed by atoms with E-state index >= 15 is 0 Å². The lowest BCUT2D eigenvalue weighted by molar-refractivity contribution is -0.121. The van der Waals surface area contributed by atoms with E-state index in [9.17, 15) is 9.36 Å². The van der Waals surface area contributed by atoms with Crippen molar-refractivity contribution in [1.29, 1.82) is 0 Å². The summed E-state index contributed by atoms with van der Waals surface area (Å²) in [5, 5.41) is 0. The molecule has 0 heterocycles. The highest BCUT2D eigenvalue weighted by Crippen LogP contribution is 2.35. The molecular formula is C5H11O5P. The van der Waals surface area contributed by atoms with Crippen LogP contribution in [0.15, 0.2) is 0 Å². The SMILES string of the molecule is CCCC(=O)COP(=O)(O)O. The Hall–Kier alpha value is -0.220. The summed E-state index contributed by atoms with van der Waals surface area (Å²) in [6.07, 6.45) is 0.948. The molecule has 0 atom stereocenters. The topological polar surface area (TPSA) is 83.8 Å². The monoisotopic (exact) mass is 182 g/mol. The zero-order valence-corrected chi connectivity index (χ0v) is 7.08. The van der Waals surface area contributed by atoms with Crippen LogP contribution < -0.4 is 0 Å².